The number of rotatable bonds is 4. The molecule has 3 rings (SSSR count). The molecule has 0 N–H and O–H groups in total. The zero-order chi connectivity index (χ0) is 18.9. The molecule has 3 aromatic rings. The molecule has 0 aliphatic rings. The molecule has 0 atom stereocenters. The second-order valence-electron chi connectivity index (χ2n) is 5.32. The number of nitrogens with zero attached hydrogens (tertiary/aromatic N) is 3. The second-order valence-corrected chi connectivity index (χ2v) is 6.09. The van der Waals surface area contributed by atoms with Crippen molar-refractivity contribution in [1.29, 1.82) is 0 Å². The number of hydrogen-bond acceptors (Lipinski definition) is 4. The van der Waals surface area contributed by atoms with Gasteiger partial charge < -0.3 is 0 Å². The van der Waals surface area contributed by atoms with Crippen LogP contribution < -0.4 is 0 Å². The van der Waals surface area contributed by atoms with E-state index < -0.39 is 16.7 Å². The molecular weight excluding hydrogens is 367 g/mol. The summed E-state index contributed by atoms with van der Waals surface area (Å²) in [6.45, 7) is 0. The molecule has 0 aliphatic heterocycles. The quantitative estimate of drug-likeness (QED) is 0.356. The third-order valence-electron chi connectivity index (χ3n) is 3.70. The summed E-state index contributed by atoms with van der Waals surface area (Å²) >= 11 is 1.27. The van der Waals surface area contributed by atoms with E-state index in [1.807, 2.05) is 0 Å². The van der Waals surface area contributed by atoms with Gasteiger partial charge in [0.05, 0.1) is 22.4 Å². The number of nitro groups is 1. The van der Waals surface area contributed by atoms with Crippen LogP contribution in [0, 0.1) is 10.1 Å². The zero-order valence-corrected chi connectivity index (χ0v) is 14.2. The Bertz CT molecular complexity index is 970. The summed E-state index contributed by atoms with van der Waals surface area (Å²) in [5, 5.41) is 11.5. The maximum Gasteiger partial charge on any atom is 0.416 e. The lowest BCUT2D eigenvalue weighted by Crippen LogP contribution is -2.07. The van der Waals surface area contributed by atoms with Gasteiger partial charge in [-0.25, -0.2) is 4.98 Å². The molecule has 0 unspecified atom stereocenters. The van der Waals surface area contributed by atoms with Gasteiger partial charge in [-0.3, -0.25) is 14.7 Å². The first-order valence-electron chi connectivity index (χ1n) is 7.35. The molecule has 0 bridgehead atoms. The van der Waals surface area contributed by atoms with E-state index >= 15 is 0 Å². The molecule has 26 heavy (non-hydrogen) atoms. The van der Waals surface area contributed by atoms with Crippen molar-refractivity contribution in [2.45, 2.75) is 11.3 Å². The molecule has 0 saturated carbocycles. The molecule has 0 amide bonds. The molecule has 5 nitrogen and oxygen atoms in total. The first-order valence-corrected chi connectivity index (χ1v) is 8.58. The highest BCUT2D eigenvalue weighted by molar-refractivity contribution is 7.98. The summed E-state index contributed by atoms with van der Waals surface area (Å²) in [7, 11) is 0. The lowest BCUT2D eigenvalue weighted by Gasteiger charge is -2.14. The highest BCUT2D eigenvalue weighted by Crippen LogP contribution is 2.34. The monoisotopic (exact) mass is 379 g/mol. The molecule has 0 spiro atoms. The van der Waals surface area contributed by atoms with Gasteiger partial charge in [0.2, 0.25) is 0 Å². The molecule has 0 radical (unpaired) electrons. The number of nitro benzene ring substituents is 1. The average molecular weight is 379 g/mol. The number of non-ortho nitro benzene ring substituents is 1. The molecule has 9 heteroatoms. The summed E-state index contributed by atoms with van der Waals surface area (Å²) in [6, 6.07) is 10.8. The van der Waals surface area contributed by atoms with Crippen LogP contribution in [0.15, 0.2) is 59.9 Å². The van der Waals surface area contributed by atoms with Gasteiger partial charge in [0, 0.05) is 23.4 Å². The summed E-state index contributed by atoms with van der Waals surface area (Å²) in [4.78, 5) is 14.7. The summed E-state index contributed by atoms with van der Waals surface area (Å²) < 4.78 is 40.7. The van der Waals surface area contributed by atoms with E-state index in [0.717, 1.165) is 12.1 Å². The van der Waals surface area contributed by atoms with E-state index in [1.54, 1.807) is 16.9 Å². The number of hydrogen-bond donors (Lipinski definition) is 0. The largest absolute Gasteiger partial charge is 0.416 e. The molecule has 134 valence electrons. The zero-order valence-electron chi connectivity index (χ0n) is 13.4. The SMILES string of the molecule is CSc1ncc(-c2cccc([N+](=O)[O-])c2)n1-c1cccc(C(F)(F)F)c1. The van der Waals surface area contributed by atoms with Crippen LogP contribution in [0.1, 0.15) is 5.56 Å². The van der Waals surface area contributed by atoms with Gasteiger partial charge in [-0.1, -0.05) is 30.0 Å². The number of alkyl halides is 3. The summed E-state index contributed by atoms with van der Waals surface area (Å²) in [6.07, 6.45) is -1.23. The van der Waals surface area contributed by atoms with Crippen molar-refractivity contribution >= 4 is 17.4 Å². The smallest absolute Gasteiger partial charge is 0.287 e. The minimum Gasteiger partial charge on any atom is -0.287 e. The maximum absolute atomic E-state index is 13.1. The van der Waals surface area contributed by atoms with Crippen LogP contribution in [0.3, 0.4) is 0 Å². The molecular formula is C17H12F3N3O2S. The van der Waals surface area contributed by atoms with E-state index in [4.69, 9.17) is 0 Å². The van der Waals surface area contributed by atoms with Gasteiger partial charge in [0.25, 0.3) is 5.69 Å². The molecule has 2 aromatic carbocycles. The predicted octanol–water partition coefficient (Wildman–Crippen LogP) is 5.19. The number of halogens is 3. The lowest BCUT2D eigenvalue weighted by molar-refractivity contribution is -0.384. The van der Waals surface area contributed by atoms with Crippen LogP contribution in [-0.2, 0) is 6.18 Å². The number of thioether (sulfide) groups is 1. The van der Waals surface area contributed by atoms with E-state index in [2.05, 4.69) is 4.98 Å². The van der Waals surface area contributed by atoms with Crippen molar-refractivity contribution in [3.05, 3.63) is 70.4 Å². The van der Waals surface area contributed by atoms with Gasteiger partial charge in [0.15, 0.2) is 5.16 Å². The first-order chi connectivity index (χ1) is 12.3. The Morgan fingerprint density at radius 2 is 1.88 bits per heavy atom. The number of imidazole rings is 1. The van der Waals surface area contributed by atoms with E-state index in [1.165, 1.54) is 48.3 Å². The van der Waals surface area contributed by atoms with Crippen LogP contribution in [0.5, 0.6) is 0 Å². The van der Waals surface area contributed by atoms with Crippen molar-refractivity contribution in [3.8, 4) is 16.9 Å². The first kappa shape index (κ1) is 18.0. The van der Waals surface area contributed by atoms with Crippen molar-refractivity contribution in [2.75, 3.05) is 6.26 Å². The molecule has 0 saturated heterocycles. The van der Waals surface area contributed by atoms with Gasteiger partial charge in [-0.05, 0) is 24.5 Å². The average Bonchev–Trinajstić information content (AvgIpc) is 3.05. The Morgan fingerprint density at radius 3 is 2.54 bits per heavy atom. The Labute approximate surface area is 150 Å². The van der Waals surface area contributed by atoms with Gasteiger partial charge >= 0.3 is 6.18 Å². The van der Waals surface area contributed by atoms with Crippen LogP contribution in [-0.4, -0.2) is 20.7 Å². The highest BCUT2D eigenvalue weighted by atomic mass is 32.2. The second kappa shape index (κ2) is 6.83. The fourth-order valence-electron chi connectivity index (χ4n) is 2.53. The van der Waals surface area contributed by atoms with Crippen LogP contribution in [0.2, 0.25) is 0 Å². The third-order valence-corrected chi connectivity index (χ3v) is 4.35. The minimum absolute atomic E-state index is 0.106. The predicted molar refractivity (Wildman–Crippen MR) is 92.4 cm³/mol. The summed E-state index contributed by atoms with van der Waals surface area (Å²) in [5.74, 6) is 0. The fourth-order valence-corrected chi connectivity index (χ4v) is 3.08. The van der Waals surface area contributed by atoms with E-state index in [0.29, 0.717) is 16.4 Å². The van der Waals surface area contributed by atoms with Crippen molar-refractivity contribution in [3.63, 3.8) is 0 Å². The maximum atomic E-state index is 13.1. The van der Waals surface area contributed by atoms with Crippen molar-refractivity contribution < 1.29 is 18.1 Å². The van der Waals surface area contributed by atoms with Crippen molar-refractivity contribution in [1.82, 2.24) is 9.55 Å². The lowest BCUT2D eigenvalue weighted by atomic mass is 10.1. The molecule has 1 heterocycles. The molecule has 1 aromatic heterocycles. The fraction of sp³-hybridized carbons (Fsp3) is 0.118. The minimum atomic E-state index is -4.47. The van der Waals surface area contributed by atoms with Crippen molar-refractivity contribution in [2.24, 2.45) is 0 Å². The number of benzene rings is 2. The normalized spacial score (nSPS) is 11.5. The van der Waals surface area contributed by atoms with E-state index in [-0.39, 0.29) is 11.4 Å². The Balaban J connectivity index is 2.19. The number of aromatic nitrogens is 2. The highest BCUT2D eigenvalue weighted by Gasteiger charge is 2.31. The van der Waals surface area contributed by atoms with Gasteiger partial charge in [-0.2, -0.15) is 13.2 Å². The third kappa shape index (κ3) is 3.43. The van der Waals surface area contributed by atoms with E-state index in [9.17, 15) is 23.3 Å². The Kier molecular flexibility index (Phi) is 4.73. The van der Waals surface area contributed by atoms with Gasteiger partial charge in [-0.15, -0.1) is 0 Å². The van der Waals surface area contributed by atoms with Crippen LogP contribution in [0.4, 0.5) is 18.9 Å². The molecule has 0 fully saturated rings. The standard InChI is InChI=1S/C17H12F3N3O2S/c1-26-16-21-10-15(11-4-2-7-14(8-11)23(24)25)22(16)13-6-3-5-12(9-13)17(18,19)20/h2-10H,1H3. The van der Waals surface area contributed by atoms with Crippen LogP contribution >= 0.6 is 11.8 Å². The Hall–Kier alpha value is -2.81. The molecule has 0 aliphatic carbocycles. The summed E-state index contributed by atoms with van der Waals surface area (Å²) in [5.41, 5.74) is 0.357. The Morgan fingerprint density at radius 1 is 1.15 bits per heavy atom. The van der Waals surface area contributed by atoms with Gasteiger partial charge in [0.1, 0.15) is 0 Å². The van der Waals surface area contributed by atoms with Crippen LogP contribution in [0.25, 0.3) is 16.9 Å². The topological polar surface area (TPSA) is 61.0 Å².